The van der Waals surface area contributed by atoms with Crippen LogP contribution in [-0.4, -0.2) is 11.9 Å². The van der Waals surface area contributed by atoms with E-state index in [9.17, 15) is 4.79 Å². The number of halogens is 1. The highest BCUT2D eigenvalue weighted by Crippen LogP contribution is 2.22. The van der Waals surface area contributed by atoms with Gasteiger partial charge in [-0.1, -0.05) is 11.6 Å². The van der Waals surface area contributed by atoms with Gasteiger partial charge in [-0.2, -0.15) is 0 Å². The third kappa shape index (κ3) is 2.23. The lowest BCUT2D eigenvalue weighted by atomic mass is 9.93. The maximum Gasteiger partial charge on any atom is 0.253 e. The van der Waals surface area contributed by atoms with Gasteiger partial charge in [-0.3, -0.25) is 4.79 Å². The number of amides is 1. The minimum atomic E-state index is -0.128. The van der Waals surface area contributed by atoms with Crippen molar-refractivity contribution in [2.24, 2.45) is 0 Å². The van der Waals surface area contributed by atoms with Crippen molar-refractivity contribution >= 4 is 23.2 Å². The molecule has 80 valence electrons. The molecule has 1 saturated carbocycles. The number of benzene rings is 1. The predicted molar refractivity (Wildman–Crippen MR) is 61.0 cm³/mol. The first kappa shape index (κ1) is 10.3. The molecule has 0 bridgehead atoms. The number of hydrogen-bond donors (Lipinski definition) is 2. The molecule has 15 heavy (non-hydrogen) atoms. The van der Waals surface area contributed by atoms with Gasteiger partial charge in [0, 0.05) is 11.7 Å². The molecule has 4 heteroatoms. The molecule has 0 aliphatic heterocycles. The second kappa shape index (κ2) is 4.11. The molecular formula is C11H13ClN2O. The Balaban J connectivity index is 2.12. The highest BCUT2D eigenvalue weighted by atomic mass is 35.5. The molecule has 0 saturated heterocycles. The fourth-order valence-corrected chi connectivity index (χ4v) is 1.74. The Hall–Kier alpha value is -1.22. The van der Waals surface area contributed by atoms with Crippen molar-refractivity contribution in [2.75, 3.05) is 5.73 Å². The second-order valence-corrected chi connectivity index (χ2v) is 4.25. The molecule has 1 amide bonds. The Kier molecular flexibility index (Phi) is 2.82. The number of carbonyl (C=O) groups excluding carboxylic acids is 1. The van der Waals surface area contributed by atoms with Gasteiger partial charge in [0.2, 0.25) is 0 Å². The Labute approximate surface area is 93.6 Å². The van der Waals surface area contributed by atoms with E-state index < -0.39 is 0 Å². The topological polar surface area (TPSA) is 55.1 Å². The molecule has 0 atom stereocenters. The van der Waals surface area contributed by atoms with E-state index in [4.69, 9.17) is 17.3 Å². The summed E-state index contributed by atoms with van der Waals surface area (Å²) in [5.41, 5.74) is 6.62. The van der Waals surface area contributed by atoms with Crippen molar-refractivity contribution in [3.63, 3.8) is 0 Å². The number of nitrogen functional groups attached to an aromatic ring is 1. The first-order valence-corrected chi connectivity index (χ1v) is 5.40. The van der Waals surface area contributed by atoms with Crippen LogP contribution >= 0.6 is 11.6 Å². The van der Waals surface area contributed by atoms with Crippen LogP contribution in [0.5, 0.6) is 0 Å². The molecule has 1 aliphatic carbocycles. The minimum absolute atomic E-state index is 0.128. The smallest absolute Gasteiger partial charge is 0.253 e. The maximum absolute atomic E-state index is 11.8. The van der Waals surface area contributed by atoms with Gasteiger partial charge in [0.1, 0.15) is 0 Å². The Morgan fingerprint density at radius 1 is 1.47 bits per heavy atom. The van der Waals surface area contributed by atoms with Crippen LogP contribution < -0.4 is 11.1 Å². The average molecular weight is 225 g/mol. The Morgan fingerprint density at radius 3 is 2.80 bits per heavy atom. The van der Waals surface area contributed by atoms with Crippen molar-refractivity contribution in [2.45, 2.75) is 25.3 Å². The third-order valence-corrected chi connectivity index (χ3v) is 3.01. The first-order chi connectivity index (χ1) is 7.16. The van der Waals surface area contributed by atoms with Crippen molar-refractivity contribution in [1.29, 1.82) is 0 Å². The number of carbonyl (C=O) groups is 1. The summed E-state index contributed by atoms with van der Waals surface area (Å²) in [6.07, 6.45) is 3.31. The molecular weight excluding hydrogens is 212 g/mol. The number of nitrogens with one attached hydrogen (secondary N) is 1. The largest absolute Gasteiger partial charge is 0.399 e. The lowest BCUT2D eigenvalue weighted by Crippen LogP contribution is -2.39. The summed E-state index contributed by atoms with van der Waals surface area (Å²) in [5, 5.41) is 3.37. The monoisotopic (exact) mass is 224 g/mol. The van der Waals surface area contributed by atoms with Crippen LogP contribution in [0.2, 0.25) is 5.02 Å². The van der Waals surface area contributed by atoms with Crippen LogP contribution in [0.3, 0.4) is 0 Å². The predicted octanol–water partition coefficient (Wildman–Crippen LogP) is 2.20. The van der Waals surface area contributed by atoms with Gasteiger partial charge < -0.3 is 11.1 Å². The van der Waals surface area contributed by atoms with Crippen molar-refractivity contribution < 1.29 is 4.79 Å². The van der Waals surface area contributed by atoms with Crippen LogP contribution in [0.1, 0.15) is 29.6 Å². The molecule has 0 aromatic heterocycles. The third-order valence-electron chi connectivity index (χ3n) is 2.68. The quantitative estimate of drug-likeness (QED) is 0.757. The van der Waals surface area contributed by atoms with Crippen LogP contribution in [0, 0.1) is 0 Å². The van der Waals surface area contributed by atoms with E-state index in [1.54, 1.807) is 18.2 Å². The second-order valence-electron chi connectivity index (χ2n) is 3.84. The van der Waals surface area contributed by atoms with E-state index in [1.807, 2.05) is 0 Å². The van der Waals surface area contributed by atoms with Crippen molar-refractivity contribution in [3.05, 3.63) is 28.8 Å². The zero-order chi connectivity index (χ0) is 10.8. The molecule has 2 rings (SSSR count). The number of rotatable bonds is 2. The van der Waals surface area contributed by atoms with E-state index in [0.717, 1.165) is 12.8 Å². The molecule has 3 N–H and O–H groups in total. The summed E-state index contributed by atoms with van der Waals surface area (Å²) >= 11 is 5.92. The lowest BCUT2D eigenvalue weighted by molar-refractivity contribution is 0.0917. The lowest BCUT2D eigenvalue weighted by Gasteiger charge is -2.26. The SMILES string of the molecule is Nc1ccc(Cl)c(C(=O)NC2CCC2)c1. The number of anilines is 1. The first-order valence-electron chi connectivity index (χ1n) is 5.02. The van der Waals surface area contributed by atoms with E-state index in [2.05, 4.69) is 5.32 Å². The molecule has 1 aromatic carbocycles. The summed E-state index contributed by atoms with van der Waals surface area (Å²) < 4.78 is 0. The van der Waals surface area contributed by atoms with Crippen molar-refractivity contribution in [1.82, 2.24) is 5.32 Å². The van der Waals surface area contributed by atoms with Gasteiger partial charge in [-0.25, -0.2) is 0 Å². The summed E-state index contributed by atoms with van der Waals surface area (Å²) in [5.74, 6) is -0.128. The molecule has 1 fully saturated rings. The fourth-order valence-electron chi connectivity index (χ4n) is 1.53. The van der Waals surface area contributed by atoms with Crippen molar-refractivity contribution in [3.8, 4) is 0 Å². The number of hydrogen-bond acceptors (Lipinski definition) is 2. The van der Waals surface area contributed by atoms with Gasteiger partial charge in [0.25, 0.3) is 5.91 Å². The highest BCUT2D eigenvalue weighted by Gasteiger charge is 2.21. The summed E-state index contributed by atoms with van der Waals surface area (Å²) in [7, 11) is 0. The van der Waals surface area contributed by atoms with E-state index in [1.165, 1.54) is 6.42 Å². The molecule has 0 unspecified atom stereocenters. The van der Waals surface area contributed by atoms with Gasteiger partial charge in [-0.15, -0.1) is 0 Å². The molecule has 1 aromatic rings. The summed E-state index contributed by atoms with van der Waals surface area (Å²) in [4.78, 5) is 11.8. The minimum Gasteiger partial charge on any atom is -0.399 e. The van der Waals surface area contributed by atoms with Crippen LogP contribution in [0.15, 0.2) is 18.2 Å². The van der Waals surface area contributed by atoms with Gasteiger partial charge in [0.15, 0.2) is 0 Å². The molecule has 0 radical (unpaired) electrons. The standard InChI is InChI=1S/C11H13ClN2O/c12-10-5-4-7(13)6-9(10)11(15)14-8-2-1-3-8/h4-6,8H,1-3,13H2,(H,14,15). The van der Waals surface area contributed by atoms with Crippen LogP contribution in [-0.2, 0) is 0 Å². The summed E-state index contributed by atoms with van der Waals surface area (Å²) in [6.45, 7) is 0. The summed E-state index contributed by atoms with van der Waals surface area (Å²) in [6, 6.07) is 5.25. The van der Waals surface area contributed by atoms with Gasteiger partial charge >= 0.3 is 0 Å². The molecule has 0 spiro atoms. The van der Waals surface area contributed by atoms with Crippen LogP contribution in [0.25, 0.3) is 0 Å². The number of nitrogens with two attached hydrogens (primary N) is 1. The van der Waals surface area contributed by atoms with E-state index >= 15 is 0 Å². The maximum atomic E-state index is 11.8. The zero-order valence-corrected chi connectivity index (χ0v) is 9.05. The van der Waals surface area contributed by atoms with Crippen LogP contribution in [0.4, 0.5) is 5.69 Å². The normalized spacial score (nSPS) is 15.8. The van der Waals surface area contributed by atoms with E-state index in [-0.39, 0.29) is 5.91 Å². The molecule has 0 heterocycles. The van der Waals surface area contributed by atoms with Gasteiger partial charge in [-0.05, 0) is 37.5 Å². The Morgan fingerprint density at radius 2 is 2.20 bits per heavy atom. The zero-order valence-electron chi connectivity index (χ0n) is 8.29. The highest BCUT2D eigenvalue weighted by molar-refractivity contribution is 6.34. The van der Waals surface area contributed by atoms with E-state index in [0.29, 0.717) is 22.3 Å². The average Bonchev–Trinajstić information content (AvgIpc) is 2.15. The fraction of sp³-hybridized carbons (Fsp3) is 0.364. The molecule has 3 nitrogen and oxygen atoms in total. The molecule has 1 aliphatic rings. The van der Waals surface area contributed by atoms with Gasteiger partial charge in [0.05, 0.1) is 10.6 Å². The Bertz CT molecular complexity index is 388.